The van der Waals surface area contributed by atoms with Crippen molar-refractivity contribution < 1.29 is 13.9 Å². The van der Waals surface area contributed by atoms with Crippen molar-refractivity contribution in [3.63, 3.8) is 0 Å². The zero-order chi connectivity index (χ0) is 13.4. The number of aromatic nitrogens is 2. The van der Waals surface area contributed by atoms with Crippen LogP contribution < -0.4 is 15.2 Å². The van der Waals surface area contributed by atoms with Gasteiger partial charge in [0, 0.05) is 18.1 Å². The zero-order valence-electron chi connectivity index (χ0n) is 9.87. The normalized spacial score (nSPS) is 14.2. The van der Waals surface area contributed by atoms with E-state index in [9.17, 15) is 4.39 Å². The first-order valence-corrected chi connectivity index (χ1v) is 6.55. The van der Waals surface area contributed by atoms with Gasteiger partial charge in [-0.3, -0.25) is 5.10 Å². The van der Waals surface area contributed by atoms with Gasteiger partial charge in [0.25, 0.3) is 0 Å². The number of rotatable bonds is 1. The molecule has 1 aliphatic heterocycles. The van der Waals surface area contributed by atoms with Crippen LogP contribution in [0.3, 0.4) is 0 Å². The lowest BCUT2D eigenvalue weighted by Gasteiger charge is -2.12. The largest absolute Gasteiger partial charge is 0.489 e. The van der Waals surface area contributed by atoms with Crippen LogP contribution in [0.1, 0.15) is 6.42 Å². The Labute approximate surface area is 117 Å². The molecule has 5 nitrogen and oxygen atoms in total. The fraction of sp³-hybridized carbons (Fsp3) is 0.250. The van der Waals surface area contributed by atoms with Crippen molar-refractivity contribution >= 4 is 21.7 Å². The van der Waals surface area contributed by atoms with E-state index in [1.165, 1.54) is 0 Å². The summed E-state index contributed by atoms with van der Waals surface area (Å²) in [6.07, 6.45) is 0.759. The van der Waals surface area contributed by atoms with Crippen LogP contribution in [0.2, 0.25) is 0 Å². The number of ether oxygens (including phenoxy) is 2. The summed E-state index contributed by atoms with van der Waals surface area (Å²) in [5.41, 5.74) is 6.36. The summed E-state index contributed by atoms with van der Waals surface area (Å²) in [5, 5.41) is 6.47. The fourth-order valence-electron chi connectivity index (χ4n) is 1.91. The lowest BCUT2D eigenvalue weighted by molar-refractivity contribution is 0.296. The molecule has 1 aliphatic rings. The van der Waals surface area contributed by atoms with Gasteiger partial charge in [0.1, 0.15) is 5.82 Å². The first kappa shape index (κ1) is 12.3. The van der Waals surface area contributed by atoms with Crippen LogP contribution in [0.5, 0.6) is 11.5 Å². The van der Waals surface area contributed by atoms with Gasteiger partial charge in [-0.2, -0.15) is 5.10 Å². The predicted molar refractivity (Wildman–Crippen MR) is 71.7 cm³/mol. The Bertz CT molecular complexity index is 630. The number of halogens is 2. The van der Waals surface area contributed by atoms with Crippen molar-refractivity contribution in [3.05, 3.63) is 22.4 Å². The SMILES string of the molecule is Nc1cc(-c2cc3c(c(Br)c2F)OCCCO3)[nH]n1. The molecule has 7 heteroatoms. The maximum atomic E-state index is 14.3. The number of aromatic amines is 1. The van der Waals surface area contributed by atoms with E-state index >= 15 is 0 Å². The molecule has 19 heavy (non-hydrogen) atoms. The maximum Gasteiger partial charge on any atom is 0.178 e. The van der Waals surface area contributed by atoms with Crippen LogP contribution in [0, 0.1) is 5.82 Å². The van der Waals surface area contributed by atoms with Crippen LogP contribution in [0.25, 0.3) is 11.3 Å². The highest BCUT2D eigenvalue weighted by Gasteiger charge is 2.22. The van der Waals surface area contributed by atoms with E-state index in [4.69, 9.17) is 15.2 Å². The summed E-state index contributed by atoms with van der Waals surface area (Å²) >= 11 is 3.21. The molecule has 0 aliphatic carbocycles. The van der Waals surface area contributed by atoms with Gasteiger partial charge in [0.05, 0.1) is 23.4 Å². The second-order valence-corrected chi connectivity index (χ2v) is 4.93. The highest BCUT2D eigenvalue weighted by Crippen LogP contribution is 2.43. The molecule has 0 saturated carbocycles. The molecule has 0 bridgehead atoms. The third-order valence-electron chi connectivity index (χ3n) is 2.81. The van der Waals surface area contributed by atoms with E-state index in [2.05, 4.69) is 26.1 Å². The molecule has 3 N–H and O–H groups in total. The Balaban J connectivity index is 2.16. The number of nitrogen functional groups attached to an aromatic ring is 1. The minimum atomic E-state index is -0.437. The number of benzene rings is 1. The van der Waals surface area contributed by atoms with Crippen LogP contribution in [0.15, 0.2) is 16.6 Å². The molecule has 2 aromatic rings. The van der Waals surface area contributed by atoms with Gasteiger partial charge in [0.2, 0.25) is 0 Å². The smallest absolute Gasteiger partial charge is 0.178 e. The standard InChI is InChI=1S/C12H11BrFN3O2/c13-10-11(14)6(7-5-9(15)17-16-7)4-8-12(10)19-3-1-2-18-8/h4-5H,1-3H2,(H3,15,16,17). The number of hydrogen-bond acceptors (Lipinski definition) is 4. The zero-order valence-corrected chi connectivity index (χ0v) is 11.5. The van der Waals surface area contributed by atoms with Gasteiger partial charge in [-0.1, -0.05) is 0 Å². The Hall–Kier alpha value is -1.76. The summed E-state index contributed by atoms with van der Waals surface area (Å²) in [7, 11) is 0. The first-order valence-electron chi connectivity index (χ1n) is 5.75. The average Bonchev–Trinajstić information content (AvgIpc) is 2.69. The average molecular weight is 328 g/mol. The van der Waals surface area contributed by atoms with E-state index in [0.29, 0.717) is 41.8 Å². The third-order valence-corrected chi connectivity index (χ3v) is 3.52. The third kappa shape index (κ3) is 2.14. The summed E-state index contributed by atoms with van der Waals surface area (Å²) in [5.74, 6) is 0.769. The lowest BCUT2D eigenvalue weighted by Crippen LogP contribution is -1.97. The van der Waals surface area contributed by atoms with E-state index in [-0.39, 0.29) is 4.47 Å². The predicted octanol–water partition coefficient (Wildman–Crippen LogP) is 2.72. The van der Waals surface area contributed by atoms with Crippen molar-refractivity contribution in [3.8, 4) is 22.8 Å². The Morgan fingerprint density at radius 1 is 1.32 bits per heavy atom. The van der Waals surface area contributed by atoms with Crippen LogP contribution in [0.4, 0.5) is 10.2 Å². The summed E-state index contributed by atoms with van der Waals surface area (Å²) in [6, 6.07) is 3.16. The molecule has 1 aromatic heterocycles. The first-order chi connectivity index (χ1) is 9.16. The molecule has 1 aromatic carbocycles. The number of nitrogens with two attached hydrogens (primary N) is 1. The van der Waals surface area contributed by atoms with Gasteiger partial charge in [-0.15, -0.1) is 0 Å². The van der Waals surface area contributed by atoms with Crippen molar-refractivity contribution in [2.45, 2.75) is 6.42 Å². The van der Waals surface area contributed by atoms with Crippen LogP contribution in [-0.4, -0.2) is 23.4 Å². The lowest BCUT2D eigenvalue weighted by atomic mass is 10.1. The molecule has 0 fully saturated rings. The van der Waals surface area contributed by atoms with Gasteiger partial charge in [-0.05, 0) is 22.0 Å². The van der Waals surface area contributed by atoms with Gasteiger partial charge < -0.3 is 15.2 Å². The van der Waals surface area contributed by atoms with E-state index in [1.54, 1.807) is 12.1 Å². The fourth-order valence-corrected chi connectivity index (χ4v) is 2.44. The number of nitrogens with zero attached hydrogens (tertiary/aromatic N) is 1. The number of H-pyrrole nitrogens is 1. The Morgan fingerprint density at radius 2 is 2.11 bits per heavy atom. The quantitative estimate of drug-likeness (QED) is 0.844. The number of anilines is 1. The van der Waals surface area contributed by atoms with Gasteiger partial charge in [0.15, 0.2) is 17.3 Å². The summed E-state index contributed by atoms with van der Waals surface area (Å²) < 4.78 is 25.7. The molecule has 100 valence electrons. The van der Waals surface area contributed by atoms with Crippen molar-refractivity contribution in [2.75, 3.05) is 18.9 Å². The van der Waals surface area contributed by atoms with E-state index in [0.717, 1.165) is 6.42 Å². The highest BCUT2D eigenvalue weighted by atomic mass is 79.9. The Kier molecular flexibility index (Phi) is 3.06. The molecule has 0 radical (unpaired) electrons. The molecular formula is C12H11BrFN3O2. The minimum Gasteiger partial charge on any atom is -0.489 e. The van der Waals surface area contributed by atoms with Gasteiger partial charge >= 0.3 is 0 Å². The van der Waals surface area contributed by atoms with Gasteiger partial charge in [-0.25, -0.2) is 4.39 Å². The number of nitrogens with one attached hydrogen (secondary N) is 1. The Morgan fingerprint density at radius 3 is 2.84 bits per heavy atom. The van der Waals surface area contributed by atoms with Crippen molar-refractivity contribution in [2.24, 2.45) is 0 Å². The highest BCUT2D eigenvalue weighted by molar-refractivity contribution is 9.10. The minimum absolute atomic E-state index is 0.245. The maximum absolute atomic E-state index is 14.3. The summed E-state index contributed by atoms with van der Waals surface area (Å²) in [4.78, 5) is 0. The van der Waals surface area contributed by atoms with Crippen molar-refractivity contribution in [1.82, 2.24) is 10.2 Å². The van der Waals surface area contributed by atoms with E-state index < -0.39 is 5.82 Å². The number of hydrogen-bond donors (Lipinski definition) is 2. The van der Waals surface area contributed by atoms with Crippen molar-refractivity contribution in [1.29, 1.82) is 0 Å². The molecular weight excluding hydrogens is 317 g/mol. The topological polar surface area (TPSA) is 73.2 Å². The van der Waals surface area contributed by atoms with Crippen LogP contribution >= 0.6 is 15.9 Å². The van der Waals surface area contributed by atoms with E-state index in [1.807, 2.05) is 0 Å². The molecule has 0 atom stereocenters. The molecule has 0 saturated heterocycles. The second-order valence-electron chi connectivity index (χ2n) is 4.14. The molecule has 3 rings (SSSR count). The monoisotopic (exact) mass is 327 g/mol. The van der Waals surface area contributed by atoms with Crippen LogP contribution in [-0.2, 0) is 0 Å². The molecule has 0 amide bonds. The summed E-state index contributed by atoms with van der Waals surface area (Å²) in [6.45, 7) is 1.04. The second kappa shape index (κ2) is 4.73. The molecule has 0 unspecified atom stereocenters. The molecule has 0 spiro atoms. The number of fused-ring (bicyclic) bond motifs is 1. The molecule has 2 heterocycles.